The largest absolute Gasteiger partial charge is 0.493 e. The van der Waals surface area contributed by atoms with E-state index < -0.39 is 10.0 Å². The molecular formula is C15H19N3O3S. The second kappa shape index (κ2) is 5.64. The summed E-state index contributed by atoms with van der Waals surface area (Å²) in [5.74, 6) is 0.794. The molecule has 0 saturated carbocycles. The molecule has 0 aliphatic carbocycles. The highest BCUT2D eigenvalue weighted by Gasteiger charge is 2.20. The maximum absolute atomic E-state index is 11.7. The molecular weight excluding hydrogens is 302 g/mol. The molecule has 0 amide bonds. The van der Waals surface area contributed by atoms with Gasteiger partial charge in [0.15, 0.2) is 0 Å². The molecule has 1 aromatic carbocycles. The van der Waals surface area contributed by atoms with E-state index in [4.69, 9.17) is 4.74 Å². The quantitative estimate of drug-likeness (QED) is 0.909. The monoisotopic (exact) mass is 321 g/mol. The normalized spacial score (nSPS) is 22.1. The topological polar surface area (TPSA) is 71.0 Å². The highest BCUT2D eigenvalue weighted by molar-refractivity contribution is 7.92. The van der Waals surface area contributed by atoms with Crippen LogP contribution in [0.5, 0.6) is 5.75 Å². The minimum absolute atomic E-state index is 0.192. The van der Waals surface area contributed by atoms with E-state index in [0.29, 0.717) is 12.3 Å². The van der Waals surface area contributed by atoms with Gasteiger partial charge in [0.1, 0.15) is 5.75 Å². The number of ether oxygens (including phenoxy) is 1. The van der Waals surface area contributed by atoms with Gasteiger partial charge in [-0.05, 0) is 23.8 Å². The van der Waals surface area contributed by atoms with Crippen LogP contribution in [0.2, 0.25) is 0 Å². The SMILES string of the molecule is CN(c1ccc2c(c1)/C(=C/C1CN=CN1)CCO2)S(C)(=O)=O. The van der Waals surface area contributed by atoms with Crippen LogP contribution in [0.1, 0.15) is 12.0 Å². The maximum atomic E-state index is 11.7. The van der Waals surface area contributed by atoms with Crippen molar-refractivity contribution in [2.24, 2.45) is 4.99 Å². The van der Waals surface area contributed by atoms with E-state index in [1.54, 1.807) is 19.5 Å². The number of hydrogen-bond donors (Lipinski definition) is 1. The third-order valence-electron chi connectivity index (χ3n) is 3.88. The van der Waals surface area contributed by atoms with Crippen LogP contribution in [0.3, 0.4) is 0 Å². The van der Waals surface area contributed by atoms with Gasteiger partial charge in [0.05, 0.1) is 37.5 Å². The maximum Gasteiger partial charge on any atom is 0.231 e. The van der Waals surface area contributed by atoms with E-state index in [1.807, 2.05) is 12.1 Å². The lowest BCUT2D eigenvalue weighted by molar-refractivity contribution is 0.316. The second-order valence-corrected chi connectivity index (χ2v) is 7.48. The summed E-state index contributed by atoms with van der Waals surface area (Å²) < 4.78 is 30.4. The fourth-order valence-corrected chi connectivity index (χ4v) is 3.07. The lowest BCUT2D eigenvalue weighted by Crippen LogP contribution is -2.25. The van der Waals surface area contributed by atoms with Gasteiger partial charge in [-0.3, -0.25) is 9.30 Å². The third kappa shape index (κ3) is 2.94. The minimum Gasteiger partial charge on any atom is -0.493 e. The molecule has 6 nitrogen and oxygen atoms in total. The Kier molecular flexibility index (Phi) is 3.82. The van der Waals surface area contributed by atoms with Crippen molar-refractivity contribution < 1.29 is 13.2 Å². The standard InChI is InChI=1S/C15H19N3O3S/c1-18(22(2,19)20)13-3-4-15-14(8-13)11(5-6-21-15)7-12-9-16-10-17-12/h3-4,7-8,10,12H,5-6,9H2,1-2H3,(H,16,17)/b11-7+. The number of hydrogen-bond acceptors (Lipinski definition) is 5. The lowest BCUT2D eigenvalue weighted by Gasteiger charge is -2.24. The molecule has 0 aromatic heterocycles. The molecule has 1 atom stereocenters. The van der Waals surface area contributed by atoms with Crippen molar-refractivity contribution in [2.75, 3.05) is 30.8 Å². The van der Waals surface area contributed by atoms with Crippen LogP contribution >= 0.6 is 0 Å². The van der Waals surface area contributed by atoms with Crippen LogP contribution in [-0.4, -0.2) is 47.3 Å². The fourth-order valence-electron chi connectivity index (χ4n) is 2.57. The Labute approximate surface area is 130 Å². The zero-order valence-electron chi connectivity index (χ0n) is 12.6. The van der Waals surface area contributed by atoms with E-state index in [1.165, 1.54) is 10.6 Å². The van der Waals surface area contributed by atoms with E-state index in [0.717, 1.165) is 29.9 Å². The molecule has 2 heterocycles. The molecule has 0 bridgehead atoms. The number of benzene rings is 1. The highest BCUT2D eigenvalue weighted by Crippen LogP contribution is 2.36. The predicted molar refractivity (Wildman–Crippen MR) is 88.1 cm³/mol. The van der Waals surface area contributed by atoms with Crippen molar-refractivity contribution in [1.82, 2.24) is 5.32 Å². The van der Waals surface area contributed by atoms with Gasteiger partial charge in [0.2, 0.25) is 10.0 Å². The van der Waals surface area contributed by atoms with Crippen molar-refractivity contribution in [3.8, 4) is 5.75 Å². The van der Waals surface area contributed by atoms with Crippen molar-refractivity contribution in [2.45, 2.75) is 12.5 Å². The number of nitrogens with zero attached hydrogens (tertiary/aromatic N) is 2. The molecule has 0 radical (unpaired) electrons. The Hall–Kier alpha value is -2.02. The first-order chi connectivity index (χ1) is 10.4. The summed E-state index contributed by atoms with van der Waals surface area (Å²) in [4.78, 5) is 4.16. The molecule has 0 fully saturated rings. The van der Waals surface area contributed by atoms with E-state index in [-0.39, 0.29) is 6.04 Å². The second-order valence-electron chi connectivity index (χ2n) is 5.47. The lowest BCUT2D eigenvalue weighted by atomic mass is 9.97. The number of rotatable bonds is 3. The average Bonchev–Trinajstić information content (AvgIpc) is 2.98. The van der Waals surface area contributed by atoms with Gasteiger partial charge in [-0.15, -0.1) is 0 Å². The Morgan fingerprint density at radius 1 is 1.45 bits per heavy atom. The molecule has 1 aromatic rings. The van der Waals surface area contributed by atoms with Crippen molar-refractivity contribution >= 4 is 27.6 Å². The summed E-state index contributed by atoms with van der Waals surface area (Å²) in [5.41, 5.74) is 2.74. The summed E-state index contributed by atoms with van der Waals surface area (Å²) in [6.07, 6.45) is 5.87. The van der Waals surface area contributed by atoms with Crippen LogP contribution in [0.15, 0.2) is 29.3 Å². The number of aliphatic imine (C=N–C) groups is 1. The summed E-state index contributed by atoms with van der Waals surface area (Å²) in [6.45, 7) is 1.36. The van der Waals surface area contributed by atoms with E-state index in [2.05, 4.69) is 16.4 Å². The molecule has 2 aliphatic heterocycles. The van der Waals surface area contributed by atoms with Crippen molar-refractivity contribution in [3.05, 3.63) is 29.8 Å². The fraction of sp³-hybridized carbons (Fsp3) is 0.400. The zero-order chi connectivity index (χ0) is 15.7. The van der Waals surface area contributed by atoms with Gasteiger partial charge in [-0.1, -0.05) is 6.08 Å². The van der Waals surface area contributed by atoms with Crippen LogP contribution in [0.4, 0.5) is 5.69 Å². The van der Waals surface area contributed by atoms with Crippen LogP contribution in [0.25, 0.3) is 5.57 Å². The molecule has 1 unspecified atom stereocenters. The highest BCUT2D eigenvalue weighted by atomic mass is 32.2. The third-order valence-corrected chi connectivity index (χ3v) is 5.09. The number of fused-ring (bicyclic) bond motifs is 1. The number of sulfonamides is 1. The van der Waals surface area contributed by atoms with Crippen molar-refractivity contribution in [1.29, 1.82) is 0 Å². The van der Waals surface area contributed by atoms with Crippen LogP contribution in [0, 0.1) is 0 Å². The van der Waals surface area contributed by atoms with Gasteiger partial charge in [-0.2, -0.15) is 0 Å². The average molecular weight is 321 g/mol. The summed E-state index contributed by atoms with van der Waals surface area (Å²) in [7, 11) is -1.73. The molecule has 7 heteroatoms. The van der Waals surface area contributed by atoms with E-state index >= 15 is 0 Å². The van der Waals surface area contributed by atoms with Crippen LogP contribution in [-0.2, 0) is 10.0 Å². The molecule has 3 rings (SSSR count). The summed E-state index contributed by atoms with van der Waals surface area (Å²) in [6, 6.07) is 5.66. The first kappa shape index (κ1) is 14.9. The zero-order valence-corrected chi connectivity index (χ0v) is 13.4. The minimum atomic E-state index is -3.28. The molecule has 2 aliphatic rings. The van der Waals surface area contributed by atoms with E-state index in [9.17, 15) is 8.42 Å². The first-order valence-corrected chi connectivity index (χ1v) is 8.96. The first-order valence-electron chi connectivity index (χ1n) is 7.11. The Morgan fingerprint density at radius 2 is 2.27 bits per heavy atom. The summed E-state index contributed by atoms with van der Waals surface area (Å²) >= 11 is 0. The molecule has 22 heavy (non-hydrogen) atoms. The van der Waals surface area contributed by atoms with Gasteiger partial charge in [0, 0.05) is 19.0 Å². The number of anilines is 1. The smallest absolute Gasteiger partial charge is 0.231 e. The van der Waals surface area contributed by atoms with Crippen molar-refractivity contribution in [3.63, 3.8) is 0 Å². The van der Waals surface area contributed by atoms with Gasteiger partial charge >= 0.3 is 0 Å². The Morgan fingerprint density at radius 3 is 2.95 bits per heavy atom. The van der Waals surface area contributed by atoms with Gasteiger partial charge < -0.3 is 10.1 Å². The molecule has 0 saturated heterocycles. The predicted octanol–water partition coefficient (Wildman–Crippen LogP) is 1.25. The Bertz CT molecular complexity index is 732. The van der Waals surface area contributed by atoms with Crippen LogP contribution < -0.4 is 14.4 Å². The van der Waals surface area contributed by atoms with Gasteiger partial charge in [-0.25, -0.2) is 8.42 Å². The molecule has 0 spiro atoms. The number of nitrogens with one attached hydrogen (secondary N) is 1. The molecule has 1 N–H and O–H groups in total. The Balaban J connectivity index is 1.97. The van der Waals surface area contributed by atoms with Gasteiger partial charge in [0.25, 0.3) is 0 Å². The summed E-state index contributed by atoms with van der Waals surface area (Å²) in [5, 5.41) is 3.18. The molecule has 118 valence electrons.